The van der Waals surface area contributed by atoms with E-state index in [1.54, 1.807) is 0 Å². The number of ether oxygens (including phenoxy) is 1. The maximum absolute atomic E-state index is 6.27. The first-order valence-electron chi connectivity index (χ1n) is 8.09. The van der Waals surface area contributed by atoms with E-state index in [4.69, 9.17) is 16.3 Å². The van der Waals surface area contributed by atoms with E-state index in [2.05, 4.69) is 37.2 Å². The van der Waals surface area contributed by atoms with Crippen molar-refractivity contribution in [2.75, 3.05) is 14.1 Å². The van der Waals surface area contributed by atoms with E-state index >= 15 is 0 Å². The average molecular weight is 326 g/mol. The Labute approximate surface area is 142 Å². The van der Waals surface area contributed by atoms with Crippen molar-refractivity contribution in [2.45, 2.75) is 25.3 Å². The summed E-state index contributed by atoms with van der Waals surface area (Å²) in [7, 11) is 4.33. The maximum Gasteiger partial charge on any atom is 0.135 e. The van der Waals surface area contributed by atoms with Crippen LogP contribution in [0.25, 0.3) is 11.1 Å². The number of para-hydroxylation sites is 1. The molecule has 2 aromatic carbocycles. The van der Waals surface area contributed by atoms with Crippen molar-refractivity contribution in [1.82, 2.24) is 4.90 Å². The Morgan fingerprint density at radius 2 is 1.78 bits per heavy atom. The van der Waals surface area contributed by atoms with Crippen LogP contribution >= 0.6 is 11.6 Å². The topological polar surface area (TPSA) is 12.5 Å². The molecule has 0 aromatic heterocycles. The maximum atomic E-state index is 6.27. The molecular weight excluding hydrogens is 306 g/mol. The number of allylic oxidation sites excluding steroid dienone is 1. The summed E-state index contributed by atoms with van der Waals surface area (Å²) in [5.74, 6) is 1.86. The van der Waals surface area contributed by atoms with Crippen molar-refractivity contribution < 1.29 is 4.74 Å². The second-order valence-electron chi connectivity index (χ2n) is 6.56. The third-order valence-electron chi connectivity index (χ3n) is 4.96. The van der Waals surface area contributed by atoms with Crippen LogP contribution in [0.4, 0.5) is 0 Å². The third kappa shape index (κ3) is 2.56. The Bertz CT molecular complexity index is 794. The number of hydrogen-bond acceptors (Lipinski definition) is 2. The average Bonchev–Trinajstić information content (AvgIpc) is 2.69. The van der Waals surface area contributed by atoms with Crippen molar-refractivity contribution in [3.63, 3.8) is 0 Å². The highest BCUT2D eigenvalue weighted by Gasteiger charge is 2.29. The molecule has 0 bridgehead atoms. The Morgan fingerprint density at radius 1 is 1.00 bits per heavy atom. The standard InChI is InChI=1S/C20H20ClNO/c1-22(2)14-8-9-15-17(12-14)16-5-3-4-6-19(16)23-20-10-7-13(21)11-18(15)20/h3-7,10-11,14H,8-9,12H2,1-2H3. The molecule has 1 heterocycles. The van der Waals surface area contributed by atoms with Gasteiger partial charge in [-0.2, -0.15) is 0 Å². The van der Waals surface area contributed by atoms with Crippen LogP contribution in [-0.2, 0) is 0 Å². The molecule has 23 heavy (non-hydrogen) atoms. The summed E-state index contributed by atoms with van der Waals surface area (Å²) < 4.78 is 6.23. The minimum atomic E-state index is 0.572. The smallest absolute Gasteiger partial charge is 0.135 e. The number of halogens is 1. The van der Waals surface area contributed by atoms with Crippen molar-refractivity contribution in [3.8, 4) is 11.5 Å². The van der Waals surface area contributed by atoms with Crippen LogP contribution in [-0.4, -0.2) is 25.0 Å². The number of rotatable bonds is 1. The summed E-state index contributed by atoms with van der Waals surface area (Å²) in [6, 6.07) is 14.9. The first-order chi connectivity index (χ1) is 11.1. The zero-order chi connectivity index (χ0) is 16.0. The van der Waals surface area contributed by atoms with Gasteiger partial charge in [0.15, 0.2) is 0 Å². The fraction of sp³-hybridized carbons (Fsp3) is 0.300. The SMILES string of the molecule is CN(C)C1CCC2=C(C1)c1ccccc1Oc1ccc(Cl)cc12. The van der Waals surface area contributed by atoms with E-state index in [0.717, 1.165) is 34.9 Å². The quantitative estimate of drug-likeness (QED) is 0.689. The van der Waals surface area contributed by atoms with Gasteiger partial charge in [-0.25, -0.2) is 0 Å². The predicted octanol–water partition coefficient (Wildman–Crippen LogP) is 5.47. The van der Waals surface area contributed by atoms with Gasteiger partial charge < -0.3 is 9.64 Å². The molecule has 1 aliphatic carbocycles. The normalized spacial score (nSPS) is 19.6. The number of benzene rings is 2. The van der Waals surface area contributed by atoms with Crippen LogP contribution in [0.2, 0.25) is 5.02 Å². The van der Waals surface area contributed by atoms with Gasteiger partial charge >= 0.3 is 0 Å². The van der Waals surface area contributed by atoms with Crippen LogP contribution in [0, 0.1) is 0 Å². The molecule has 0 amide bonds. The largest absolute Gasteiger partial charge is 0.456 e. The van der Waals surface area contributed by atoms with Crippen molar-refractivity contribution >= 4 is 22.7 Å². The molecule has 0 N–H and O–H groups in total. The predicted molar refractivity (Wildman–Crippen MR) is 96.1 cm³/mol. The second-order valence-corrected chi connectivity index (χ2v) is 6.99. The minimum Gasteiger partial charge on any atom is -0.456 e. The molecule has 0 spiro atoms. The van der Waals surface area contributed by atoms with Crippen molar-refractivity contribution in [2.24, 2.45) is 0 Å². The molecule has 1 unspecified atom stereocenters. The van der Waals surface area contributed by atoms with E-state index in [9.17, 15) is 0 Å². The van der Waals surface area contributed by atoms with Gasteiger partial charge in [-0.1, -0.05) is 29.8 Å². The molecule has 1 atom stereocenters. The fourth-order valence-electron chi connectivity index (χ4n) is 3.68. The van der Waals surface area contributed by atoms with E-state index in [0.29, 0.717) is 6.04 Å². The molecule has 0 radical (unpaired) electrons. The monoisotopic (exact) mass is 325 g/mol. The molecule has 118 valence electrons. The van der Waals surface area contributed by atoms with Crippen LogP contribution < -0.4 is 4.74 Å². The molecule has 2 aliphatic rings. The highest BCUT2D eigenvalue weighted by Crippen LogP contribution is 2.48. The lowest BCUT2D eigenvalue weighted by Gasteiger charge is -2.31. The van der Waals surface area contributed by atoms with Gasteiger partial charge in [-0.15, -0.1) is 0 Å². The Hall–Kier alpha value is -1.77. The molecule has 0 saturated carbocycles. The zero-order valence-electron chi connectivity index (χ0n) is 13.5. The van der Waals surface area contributed by atoms with Gasteiger partial charge in [-0.3, -0.25) is 0 Å². The van der Waals surface area contributed by atoms with Crippen molar-refractivity contribution in [1.29, 1.82) is 0 Å². The summed E-state index contributed by atoms with van der Waals surface area (Å²) in [6.45, 7) is 0. The highest BCUT2D eigenvalue weighted by atomic mass is 35.5. The van der Waals surface area contributed by atoms with E-state index < -0.39 is 0 Å². The van der Waals surface area contributed by atoms with Gasteiger partial charge in [-0.05, 0) is 68.8 Å². The molecule has 1 aliphatic heterocycles. The molecule has 3 heteroatoms. The van der Waals surface area contributed by atoms with E-state index in [-0.39, 0.29) is 0 Å². The number of nitrogens with zero attached hydrogens (tertiary/aromatic N) is 1. The summed E-state index contributed by atoms with van der Waals surface area (Å²) >= 11 is 6.27. The molecule has 0 saturated heterocycles. The first-order valence-corrected chi connectivity index (χ1v) is 8.47. The van der Waals surface area contributed by atoms with Gasteiger partial charge in [0.05, 0.1) is 0 Å². The third-order valence-corrected chi connectivity index (χ3v) is 5.20. The summed E-state index contributed by atoms with van der Waals surface area (Å²) in [5, 5.41) is 0.764. The van der Waals surface area contributed by atoms with E-state index in [1.807, 2.05) is 24.3 Å². The number of hydrogen-bond donors (Lipinski definition) is 0. The van der Waals surface area contributed by atoms with Crippen molar-refractivity contribution in [3.05, 3.63) is 58.6 Å². The van der Waals surface area contributed by atoms with Crippen LogP contribution in [0.15, 0.2) is 42.5 Å². The fourth-order valence-corrected chi connectivity index (χ4v) is 3.86. The summed E-state index contributed by atoms with van der Waals surface area (Å²) in [4.78, 5) is 2.33. The van der Waals surface area contributed by atoms with Crippen LogP contribution in [0.5, 0.6) is 11.5 Å². The molecule has 4 rings (SSSR count). The summed E-state index contributed by atoms with van der Waals surface area (Å²) in [5.41, 5.74) is 5.18. The van der Waals surface area contributed by atoms with Gasteiger partial charge in [0, 0.05) is 22.2 Å². The zero-order valence-corrected chi connectivity index (χ0v) is 14.2. The molecular formula is C20H20ClNO. The lowest BCUT2D eigenvalue weighted by Crippen LogP contribution is -2.30. The number of fused-ring (bicyclic) bond motifs is 4. The van der Waals surface area contributed by atoms with Gasteiger partial charge in [0.2, 0.25) is 0 Å². The first kappa shape index (κ1) is 14.8. The van der Waals surface area contributed by atoms with Crippen LogP contribution in [0.1, 0.15) is 30.4 Å². The molecule has 0 fully saturated rings. The lowest BCUT2D eigenvalue weighted by atomic mass is 9.81. The Morgan fingerprint density at radius 3 is 2.61 bits per heavy atom. The Kier molecular flexibility index (Phi) is 3.67. The molecule has 2 nitrogen and oxygen atoms in total. The molecule has 2 aromatic rings. The van der Waals surface area contributed by atoms with Gasteiger partial charge in [0.1, 0.15) is 11.5 Å². The summed E-state index contributed by atoms with van der Waals surface area (Å²) in [6.07, 6.45) is 3.28. The van der Waals surface area contributed by atoms with Gasteiger partial charge in [0.25, 0.3) is 0 Å². The van der Waals surface area contributed by atoms with E-state index in [1.165, 1.54) is 23.1 Å². The Balaban J connectivity index is 1.94. The second kappa shape index (κ2) is 5.70. The lowest BCUT2D eigenvalue weighted by molar-refractivity contribution is 0.281. The van der Waals surface area contributed by atoms with Crippen LogP contribution in [0.3, 0.4) is 0 Å². The minimum absolute atomic E-state index is 0.572. The highest BCUT2D eigenvalue weighted by molar-refractivity contribution is 6.30.